The quantitative estimate of drug-likeness (QED) is 0.247. The largest absolute Gasteiger partial charge is 0.250 e. The lowest BCUT2D eigenvalue weighted by molar-refractivity contribution is 0.566. The number of hydrogen-bond donors (Lipinski definition) is 0. The van der Waals surface area contributed by atoms with E-state index in [4.69, 9.17) is 0 Å². The van der Waals surface area contributed by atoms with E-state index in [1.807, 2.05) is 0 Å². The van der Waals surface area contributed by atoms with Crippen molar-refractivity contribution in [2.24, 2.45) is 4.66 Å². The monoisotopic (exact) mass is 141 g/mol. The van der Waals surface area contributed by atoms with Crippen LogP contribution in [0, 0.1) is 0 Å². The standard InChI is InChI=1S/C6H11NOSi/c1-2-3-4-5-9-7-6-8/h2-5H2,1H3. The maximum atomic E-state index is 9.55. The van der Waals surface area contributed by atoms with Crippen LogP contribution in [0.3, 0.4) is 0 Å². The Morgan fingerprint density at radius 3 is 2.89 bits per heavy atom. The maximum absolute atomic E-state index is 9.55. The second-order valence-corrected chi connectivity index (χ2v) is 2.86. The van der Waals surface area contributed by atoms with Gasteiger partial charge in [-0.1, -0.05) is 26.2 Å². The summed E-state index contributed by atoms with van der Waals surface area (Å²) in [5.74, 6) is 0. The van der Waals surface area contributed by atoms with Crippen molar-refractivity contribution in [1.82, 2.24) is 0 Å². The van der Waals surface area contributed by atoms with Crippen LogP contribution in [-0.4, -0.2) is 15.8 Å². The average molecular weight is 141 g/mol. The molecular formula is C6H11NOSi. The van der Waals surface area contributed by atoms with Gasteiger partial charge in [0.2, 0.25) is 15.8 Å². The molecule has 2 radical (unpaired) electrons. The molecule has 50 valence electrons. The minimum Gasteiger partial charge on any atom is -0.250 e. The van der Waals surface area contributed by atoms with Crippen molar-refractivity contribution in [2.75, 3.05) is 0 Å². The molecule has 0 aliphatic carbocycles. The van der Waals surface area contributed by atoms with Gasteiger partial charge in [0, 0.05) is 0 Å². The van der Waals surface area contributed by atoms with Crippen LogP contribution < -0.4 is 0 Å². The normalized spacial score (nSPS) is 8.56. The van der Waals surface area contributed by atoms with E-state index in [2.05, 4.69) is 11.6 Å². The Morgan fingerprint density at radius 2 is 2.33 bits per heavy atom. The second-order valence-electron chi connectivity index (χ2n) is 1.82. The van der Waals surface area contributed by atoms with Crippen LogP contribution in [0.15, 0.2) is 4.66 Å². The lowest BCUT2D eigenvalue weighted by Crippen LogP contribution is -1.83. The lowest BCUT2D eigenvalue weighted by atomic mass is 10.3. The summed E-state index contributed by atoms with van der Waals surface area (Å²) in [4.78, 5) is 9.55. The van der Waals surface area contributed by atoms with E-state index in [0.717, 1.165) is 6.04 Å². The first-order valence-corrected chi connectivity index (χ1v) is 4.37. The van der Waals surface area contributed by atoms with Gasteiger partial charge in [0.05, 0.1) is 0 Å². The highest BCUT2D eigenvalue weighted by molar-refractivity contribution is 6.34. The SMILES string of the molecule is CCCCC[Si]N=C=O. The molecule has 0 spiro atoms. The predicted molar refractivity (Wildman–Crippen MR) is 38.2 cm³/mol. The van der Waals surface area contributed by atoms with Gasteiger partial charge in [0.1, 0.15) is 0 Å². The van der Waals surface area contributed by atoms with E-state index < -0.39 is 0 Å². The van der Waals surface area contributed by atoms with E-state index in [1.54, 1.807) is 0 Å². The van der Waals surface area contributed by atoms with Crippen molar-refractivity contribution in [1.29, 1.82) is 0 Å². The Labute approximate surface area is 58.3 Å². The summed E-state index contributed by atoms with van der Waals surface area (Å²) in [6, 6.07) is 1.06. The zero-order valence-corrected chi connectivity index (χ0v) is 6.68. The zero-order chi connectivity index (χ0) is 6.95. The van der Waals surface area contributed by atoms with Gasteiger partial charge in [-0.25, -0.2) is 9.45 Å². The predicted octanol–water partition coefficient (Wildman–Crippen LogP) is 1.55. The van der Waals surface area contributed by atoms with Gasteiger partial charge in [-0.05, 0) is 6.04 Å². The second kappa shape index (κ2) is 7.60. The first-order chi connectivity index (χ1) is 4.41. The van der Waals surface area contributed by atoms with E-state index in [9.17, 15) is 4.79 Å². The molecule has 0 aromatic carbocycles. The van der Waals surface area contributed by atoms with Crippen LogP contribution in [0.25, 0.3) is 0 Å². The Morgan fingerprint density at radius 1 is 1.56 bits per heavy atom. The van der Waals surface area contributed by atoms with Gasteiger partial charge < -0.3 is 0 Å². The fourth-order valence-electron chi connectivity index (χ4n) is 0.542. The highest BCUT2D eigenvalue weighted by Gasteiger charge is 1.86. The number of hydrogen-bond acceptors (Lipinski definition) is 2. The minimum atomic E-state index is 0.443. The summed E-state index contributed by atoms with van der Waals surface area (Å²) < 4.78 is 3.47. The maximum Gasteiger partial charge on any atom is 0.228 e. The molecule has 0 fully saturated rings. The van der Waals surface area contributed by atoms with Crippen LogP contribution in [-0.2, 0) is 4.79 Å². The molecule has 0 rings (SSSR count). The topological polar surface area (TPSA) is 29.4 Å². The zero-order valence-electron chi connectivity index (χ0n) is 5.68. The molecule has 0 amide bonds. The van der Waals surface area contributed by atoms with E-state index in [1.165, 1.54) is 25.3 Å². The highest BCUT2D eigenvalue weighted by atomic mass is 28.2. The van der Waals surface area contributed by atoms with Crippen LogP contribution >= 0.6 is 0 Å². The first kappa shape index (κ1) is 8.60. The molecule has 0 aliphatic rings. The number of rotatable bonds is 5. The molecule has 0 saturated heterocycles. The van der Waals surface area contributed by atoms with Gasteiger partial charge >= 0.3 is 0 Å². The molecular weight excluding hydrogens is 130 g/mol. The molecule has 0 bridgehead atoms. The van der Waals surface area contributed by atoms with Crippen molar-refractivity contribution in [3.8, 4) is 0 Å². The Balaban J connectivity index is 2.82. The number of carbonyl (C=O) groups excluding carboxylic acids is 1. The molecule has 0 aliphatic heterocycles. The van der Waals surface area contributed by atoms with Crippen LogP contribution in [0.2, 0.25) is 6.04 Å². The molecule has 0 aromatic rings. The van der Waals surface area contributed by atoms with Crippen molar-refractivity contribution >= 4 is 15.8 Å². The summed E-state index contributed by atoms with van der Waals surface area (Å²) in [5, 5.41) is 0. The van der Waals surface area contributed by atoms with Gasteiger partial charge in [-0.3, -0.25) is 0 Å². The van der Waals surface area contributed by atoms with Gasteiger partial charge in [0.25, 0.3) is 0 Å². The summed E-state index contributed by atoms with van der Waals surface area (Å²) in [6.45, 7) is 2.16. The summed E-state index contributed by atoms with van der Waals surface area (Å²) in [7, 11) is 0.443. The van der Waals surface area contributed by atoms with Crippen LogP contribution in [0.4, 0.5) is 0 Å². The first-order valence-electron chi connectivity index (χ1n) is 3.21. The Hall–Kier alpha value is -0.403. The summed E-state index contributed by atoms with van der Waals surface area (Å²) in [6.07, 6.45) is 5.21. The van der Waals surface area contributed by atoms with E-state index in [0.29, 0.717) is 9.68 Å². The Kier molecular flexibility index (Phi) is 7.26. The van der Waals surface area contributed by atoms with Gasteiger partial charge in [0.15, 0.2) is 0 Å². The molecule has 2 nitrogen and oxygen atoms in total. The molecule has 0 heterocycles. The smallest absolute Gasteiger partial charge is 0.228 e. The molecule has 0 unspecified atom stereocenters. The summed E-state index contributed by atoms with van der Waals surface area (Å²) >= 11 is 0. The lowest BCUT2D eigenvalue weighted by Gasteiger charge is -1.89. The highest BCUT2D eigenvalue weighted by Crippen LogP contribution is 1.97. The van der Waals surface area contributed by atoms with Crippen molar-refractivity contribution in [2.45, 2.75) is 32.2 Å². The van der Waals surface area contributed by atoms with E-state index >= 15 is 0 Å². The molecule has 0 saturated carbocycles. The van der Waals surface area contributed by atoms with Crippen LogP contribution in [0.5, 0.6) is 0 Å². The molecule has 0 aromatic heterocycles. The number of isocyanates is 1. The van der Waals surface area contributed by atoms with Crippen molar-refractivity contribution in [3.63, 3.8) is 0 Å². The average Bonchev–Trinajstić information content (AvgIpc) is 1.89. The molecule has 0 atom stereocenters. The summed E-state index contributed by atoms with van der Waals surface area (Å²) in [5.41, 5.74) is 0. The molecule has 3 heteroatoms. The number of nitrogens with zero attached hydrogens (tertiary/aromatic N) is 1. The number of unbranched alkanes of at least 4 members (excludes halogenated alkanes) is 2. The third kappa shape index (κ3) is 7.60. The van der Waals surface area contributed by atoms with Gasteiger partial charge in [-0.2, -0.15) is 0 Å². The van der Waals surface area contributed by atoms with Crippen LogP contribution in [0.1, 0.15) is 26.2 Å². The Bertz CT molecular complexity index is 99.2. The molecule has 0 N–H and O–H groups in total. The fourth-order valence-corrected chi connectivity index (χ4v) is 1.13. The van der Waals surface area contributed by atoms with E-state index in [-0.39, 0.29) is 0 Å². The molecule has 9 heavy (non-hydrogen) atoms. The fraction of sp³-hybridized carbons (Fsp3) is 0.833. The van der Waals surface area contributed by atoms with Crippen molar-refractivity contribution in [3.05, 3.63) is 0 Å². The third-order valence-corrected chi connectivity index (χ3v) is 1.84. The third-order valence-electron chi connectivity index (χ3n) is 1.02. The minimum absolute atomic E-state index is 0.443. The van der Waals surface area contributed by atoms with Gasteiger partial charge in [-0.15, -0.1) is 0 Å². The van der Waals surface area contributed by atoms with Crippen molar-refractivity contribution < 1.29 is 4.79 Å².